The van der Waals surface area contributed by atoms with Gasteiger partial charge < -0.3 is 14.2 Å². The molecule has 0 radical (unpaired) electrons. The van der Waals surface area contributed by atoms with E-state index in [-0.39, 0.29) is 25.0 Å². The van der Waals surface area contributed by atoms with Crippen molar-refractivity contribution < 1.29 is 23.8 Å². The summed E-state index contributed by atoms with van der Waals surface area (Å²) in [6.07, 6.45) is -0.413. The number of carbonyl (C=O) groups excluding carboxylic acids is 2. The van der Waals surface area contributed by atoms with Crippen LogP contribution in [-0.2, 0) is 4.74 Å². The summed E-state index contributed by atoms with van der Waals surface area (Å²) in [5.74, 6) is 0.718. The minimum Gasteiger partial charge on any atom is -0.454 e. The quantitative estimate of drug-likeness (QED) is 0.644. The number of rotatable bonds is 3. The number of benzene rings is 2. The lowest BCUT2D eigenvalue weighted by Crippen LogP contribution is -2.07. The number of esters is 1. The molecule has 2 aliphatic heterocycles. The molecule has 5 heteroatoms. The average Bonchev–Trinajstić information content (AvgIpc) is 3.12. The van der Waals surface area contributed by atoms with Crippen LogP contribution in [0.5, 0.6) is 11.5 Å². The number of ether oxygens (including phenoxy) is 3. The molecule has 0 unspecified atom stereocenters. The van der Waals surface area contributed by atoms with Crippen molar-refractivity contribution in [2.24, 2.45) is 0 Å². The lowest BCUT2D eigenvalue weighted by molar-refractivity contribution is 0.0367. The largest absolute Gasteiger partial charge is 0.454 e. The maximum absolute atomic E-state index is 12.4. The fraction of sp³-hybridized carbons (Fsp3) is 0.176. The highest BCUT2D eigenvalue weighted by Gasteiger charge is 2.32. The van der Waals surface area contributed by atoms with Gasteiger partial charge in [0.2, 0.25) is 6.79 Å². The molecule has 5 nitrogen and oxygen atoms in total. The fourth-order valence-corrected chi connectivity index (χ4v) is 2.73. The molecule has 0 saturated carbocycles. The summed E-state index contributed by atoms with van der Waals surface area (Å²) >= 11 is 0. The molecule has 0 aliphatic carbocycles. The molecular formula is C17H12O5. The van der Waals surface area contributed by atoms with E-state index in [9.17, 15) is 9.59 Å². The topological polar surface area (TPSA) is 61.8 Å². The molecule has 0 bridgehead atoms. The highest BCUT2D eigenvalue weighted by Crippen LogP contribution is 2.36. The van der Waals surface area contributed by atoms with E-state index in [1.54, 1.807) is 30.3 Å². The second-order valence-corrected chi connectivity index (χ2v) is 5.18. The molecular weight excluding hydrogens is 284 g/mol. The fourth-order valence-electron chi connectivity index (χ4n) is 2.73. The van der Waals surface area contributed by atoms with Gasteiger partial charge in [-0.1, -0.05) is 18.2 Å². The van der Waals surface area contributed by atoms with Gasteiger partial charge in [-0.05, 0) is 24.3 Å². The molecule has 22 heavy (non-hydrogen) atoms. The lowest BCUT2D eigenvalue weighted by Gasteiger charge is -2.10. The maximum Gasteiger partial charge on any atom is 0.339 e. The van der Waals surface area contributed by atoms with Crippen molar-refractivity contribution in [1.29, 1.82) is 0 Å². The molecule has 0 saturated heterocycles. The van der Waals surface area contributed by atoms with Gasteiger partial charge in [0.1, 0.15) is 6.10 Å². The van der Waals surface area contributed by atoms with E-state index >= 15 is 0 Å². The van der Waals surface area contributed by atoms with Crippen LogP contribution in [0, 0.1) is 0 Å². The van der Waals surface area contributed by atoms with E-state index in [1.165, 1.54) is 0 Å². The van der Waals surface area contributed by atoms with Crippen molar-refractivity contribution in [3.8, 4) is 11.5 Å². The van der Waals surface area contributed by atoms with Gasteiger partial charge >= 0.3 is 5.97 Å². The van der Waals surface area contributed by atoms with Gasteiger partial charge in [-0.25, -0.2) is 4.79 Å². The first-order valence-electron chi connectivity index (χ1n) is 6.95. The zero-order valence-electron chi connectivity index (χ0n) is 11.6. The molecule has 110 valence electrons. The van der Waals surface area contributed by atoms with Crippen molar-refractivity contribution in [1.82, 2.24) is 0 Å². The normalized spacial score (nSPS) is 18.0. The second kappa shape index (κ2) is 4.87. The minimum atomic E-state index is -0.526. The molecule has 1 atom stereocenters. The minimum absolute atomic E-state index is 0.104. The Morgan fingerprint density at radius 3 is 2.82 bits per heavy atom. The third kappa shape index (κ3) is 2.02. The highest BCUT2D eigenvalue weighted by atomic mass is 16.7. The first-order valence-corrected chi connectivity index (χ1v) is 6.95. The predicted octanol–water partition coefficient (Wildman–Crippen LogP) is 2.90. The van der Waals surface area contributed by atoms with E-state index in [4.69, 9.17) is 14.2 Å². The van der Waals surface area contributed by atoms with Crippen LogP contribution in [0.1, 0.15) is 38.8 Å². The standard InChI is InChI=1S/C17H12O5/c18-13(10-5-6-14-16(7-10)21-9-20-14)8-15-11-3-1-2-4-12(11)17(19)22-15/h1-7,15H,8-9H2/t15-/m1/s1. The number of hydrogen-bond acceptors (Lipinski definition) is 5. The number of fused-ring (bicyclic) bond motifs is 2. The Kier molecular flexibility index (Phi) is 2.85. The zero-order valence-corrected chi connectivity index (χ0v) is 11.6. The number of ketones is 1. The van der Waals surface area contributed by atoms with Crippen molar-refractivity contribution in [2.45, 2.75) is 12.5 Å². The van der Waals surface area contributed by atoms with Crippen LogP contribution >= 0.6 is 0 Å². The highest BCUT2D eigenvalue weighted by molar-refractivity contribution is 5.99. The van der Waals surface area contributed by atoms with Crippen LogP contribution < -0.4 is 9.47 Å². The monoisotopic (exact) mass is 296 g/mol. The Labute approximate surface area is 126 Å². The summed E-state index contributed by atoms with van der Waals surface area (Å²) in [4.78, 5) is 24.2. The summed E-state index contributed by atoms with van der Waals surface area (Å²) < 4.78 is 15.8. The van der Waals surface area contributed by atoms with E-state index in [1.807, 2.05) is 12.1 Å². The summed E-state index contributed by atoms with van der Waals surface area (Å²) in [5, 5.41) is 0. The smallest absolute Gasteiger partial charge is 0.339 e. The number of hydrogen-bond donors (Lipinski definition) is 0. The third-order valence-corrected chi connectivity index (χ3v) is 3.84. The molecule has 0 N–H and O–H groups in total. The molecule has 0 fully saturated rings. The summed E-state index contributed by atoms with van der Waals surface area (Å²) in [5.41, 5.74) is 1.82. The van der Waals surface area contributed by atoms with Crippen molar-refractivity contribution >= 4 is 11.8 Å². The molecule has 2 aliphatic rings. The average molecular weight is 296 g/mol. The number of Topliss-reactive ketones (excluding diaryl/α,β-unsaturated/α-hetero) is 1. The van der Waals surface area contributed by atoms with Crippen LogP contribution in [0.15, 0.2) is 42.5 Å². The molecule has 0 aromatic heterocycles. The van der Waals surface area contributed by atoms with Crippen LogP contribution in [0.25, 0.3) is 0 Å². The van der Waals surface area contributed by atoms with Gasteiger partial charge in [0.15, 0.2) is 17.3 Å². The first kappa shape index (κ1) is 12.9. The maximum atomic E-state index is 12.4. The Hall–Kier alpha value is -2.82. The molecule has 0 amide bonds. The van der Waals surface area contributed by atoms with Crippen LogP contribution in [0.4, 0.5) is 0 Å². The van der Waals surface area contributed by atoms with Gasteiger partial charge in [0.05, 0.1) is 12.0 Å². The predicted molar refractivity (Wildman–Crippen MR) is 76.1 cm³/mol. The van der Waals surface area contributed by atoms with Crippen molar-refractivity contribution in [3.05, 3.63) is 59.2 Å². The number of carbonyl (C=O) groups is 2. The van der Waals surface area contributed by atoms with Crippen LogP contribution in [-0.4, -0.2) is 18.5 Å². The molecule has 2 heterocycles. The van der Waals surface area contributed by atoms with Crippen LogP contribution in [0.2, 0.25) is 0 Å². The lowest BCUT2D eigenvalue weighted by atomic mass is 9.98. The number of cyclic esters (lactones) is 1. The molecule has 2 aromatic carbocycles. The van der Waals surface area contributed by atoms with Crippen molar-refractivity contribution in [2.75, 3.05) is 6.79 Å². The van der Waals surface area contributed by atoms with E-state index in [2.05, 4.69) is 0 Å². The zero-order chi connectivity index (χ0) is 15.1. The Morgan fingerprint density at radius 2 is 1.91 bits per heavy atom. The van der Waals surface area contributed by atoms with Gasteiger partial charge in [-0.3, -0.25) is 4.79 Å². The Bertz CT molecular complexity index is 780. The van der Waals surface area contributed by atoms with Gasteiger partial charge in [-0.2, -0.15) is 0 Å². The second-order valence-electron chi connectivity index (χ2n) is 5.18. The SMILES string of the molecule is O=C(C[C@H]1OC(=O)c2ccccc21)c1ccc2c(c1)OCO2. The van der Waals surface area contributed by atoms with Crippen molar-refractivity contribution in [3.63, 3.8) is 0 Å². The van der Waals surface area contributed by atoms with E-state index in [0.29, 0.717) is 22.6 Å². The molecule has 0 spiro atoms. The van der Waals surface area contributed by atoms with Gasteiger partial charge in [0.25, 0.3) is 0 Å². The van der Waals surface area contributed by atoms with E-state index in [0.717, 1.165) is 5.56 Å². The molecule has 2 aromatic rings. The van der Waals surface area contributed by atoms with Gasteiger partial charge in [0, 0.05) is 11.1 Å². The summed E-state index contributed by atoms with van der Waals surface area (Å²) in [6.45, 7) is 0.167. The first-order chi connectivity index (χ1) is 10.7. The third-order valence-electron chi connectivity index (χ3n) is 3.84. The van der Waals surface area contributed by atoms with Crippen LogP contribution in [0.3, 0.4) is 0 Å². The van der Waals surface area contributed by atoms with Gasteiger partial charge in [-0.15, -0.1) is 0 Å². The van der Waals surface area contributed by atoms with E-state index < -0.39 is 6.10 Å². The Balaban J connectivity index is 1.57. The summed E-state index contributed by atoms with van der Waals surface area (Å²) in [6, 6.07) is 12.2. The Morgan fingerprint density at radius 1 is 1.09 bits per heavy atom. The summed E-state index contributed by atoms with van der Waals surface area (Å²) in [7, 11) is 0. The molecule has 4 rings (SSSR count).